The molecule has 0 spiro atoms. The third-order valence-corrected chi connectivity index (χ3v) is 2.69. The standard InChI is InChI=1S/C11H19N3O5/c1-8(15)12-2-3-13-10(16)6-14-4-5-19-7-9(14)11(17)18/h9H,2-7H2,1H3,(H,12,15)(H,13,16)(H,17,18). The molecule has 0 aromatic heterocycles. The van der Waals surface area contributed by atoms with Crippen molar-refractivity contribution in [3.63, 3.8) is 0 Å². The van der Waals surface area contributed by atoms with Crippen LogP contribution in [-0.4, -0.2) is 73.2 Å². The molecular weight excluding hydrogens is 254 g/mol. The van der Waals surface area contributed by atoms with Crippen molar-refractivity contribution in [3.05, 3.63) is 0 Å². The minimum absolute atomic E-state index is 0.0143. The molecule has 0 aromatic carbocycles. The van der Waals surface area contributed by atoms with E-state index in [-0.39, 0.29) is 25.0 Å². The van der Waals surface area contributed by atoms with Crippen LogP contribution in [0.3, 0.4) is 0 Å². The van der Waals surface area contributed by atoms with Crippen LogP contribution in [0.25, 0.3) is 0 Å². The van der Waals surface area contributed by atoms with Crippen molar-refractivity contribution in [2.75, 3.05) is 39.4 Å². The molecule has 1 rings (SSSR count). The zero-order valence-electron chi connectivity index (χ0n) is 10.8. The van der Waals surface area contributed by atoms with Crippen molar-refractivity contribution in [2.24, 2.45) is 0 Å². The summed E-state index contributed by atoms with van der Waals surface area (Å²) in [5.74, 6) is -1.42. The van der Waals surface area contributed by atoms with Gasteiger partial charge in [-0.1, -0.05) is 0 Å². The average Bonchev–Trinajstić information content (AvgIpc) is 2.35. The van der Waals surface area contributed by atoms with Gasteiger partial charge in [0.05, 0.1) is 19.8 Å². The minimum Gasteiger partial charge on any atom is -0.480 e. The van der Waals surface area contributed by atoms with E-state index in [0.717, 1.165) is 0 Å². The van der Waals surface area contributed by atoms with Gasteiger partial charge in [0.15, 0.2) is 0 Å². The summed E-state index contributed by atoms with van der Waals surface area (Å²) in [4.78, 5) is 34.8. The summed E-state index contributed by atoms with van der Waals surface area (Å²) in [6.45, 7) is 3.01. The van der Waals surface area contributed by atoms with Crippen LogP contribution in [0, 0.1) is 0 Å². The molecule has 2 amide bonds. The molecule has 0 aromatic rings. The van der Waals surface area contributed by atoms with E-state index in [0.29, 0.717) is 26.2 Å². The minimum atomic E-state index is -0.995. The molecule has 1 unspecified atom stereocenters. The van der Waals surface area contributed by atoms with Crippen molar-refractivity contribution in [1.82, 2.24) is 15.5 Å². The summed E-state index contributed by atoms with van der Waals surface area (Å²) < 4.78 is 5.08. The van der Waals surface area contributed by atoms with E-state index in [1.165, 1.54) is 6.92 Å². The number of carbonyl (C=O) groups excluding carboxylic acids is 2. The Bertz CT molecular complexity index is 347. The lowest BCUT2D eigenvalue weighted by atomic mass is 10.2. The third kappa shape index (κ3) is 5.66. The lowest BCUT2D eigenvalue weighted by Crippen LogP contribution is -2.53. The SMILES string of the molecule is CC(=O)NCCNC(=O)CN1CCOCC1C(=O)O. The molecule has 0 saturated carbocycles. The molecule has 0 aliphatic carbocycles. The summed E-state index contributed by atoms with van der Waals surface area (Å²) in [5.41, 5.74) is 0. The number of nitrogens with one attached hydrogen (secondary N) is 2. The van der Waals surface area contributed by atoms with E-state index < -0.39 is 12.0 Å². The molecule has 108 valence electrons. The number of hydrogen-bond donors (Lipinski definition) is 3. The summed E-state index contributed by atoms with van der Waals surface area (Å²) in [6, 6.07) is -0.783. The Morgan fingerprint density at radius 1 is 1.32 bits per heavy atom. The van der Waals surface area contributed by atoms with Crippen LogP contribution in [0.5, 0.6) is 0 Å². The average molecular weight is 273 g/mol. The summed E-state index contributed by atoms with van der Waals surface area (Å²) >= 11 is 0. The highest BCUT2D eigenvalue weighted by atomic mass is 16.5. The Morgan fingerprint density at radius 3 is 2.63 bits per heavy atom. The first-order valence-corrected chi connectivity index (χ1v) is 6.06. The Labute approximate surface area is 111 Å². The van der Waals surface area contributed by atoms with Gasteiger partial charge in [-0.3, -0.25) is 19.3 Å². The Kier molecular flexibility index (Phi) is 6.23. The van der Waals surface area contributed by atoms with Crippen LogP contribution in [0.2, 0.25) is 0 Å². The maximum atomic E-state index is 11.6. The fraction of sp³-hybridized carbons (Fsp3) is 0.727. The van der Waals surface area contributed by atoms with Gasteiger partial charge in [0.2, 0.25) is 11.8 Å². The van der Waals surface area contributed by atoms with Crippen molar-refractivity contribution in [2.45, 2.75) is 13.0 Å². The second-order valence-electron chi connectivity index (χ2n) is 4.23. The van der Waals surface area contributed by atoms with E-state index in [2.05, 4.69) is 10.6 Å². The Morgan fingerprint density at radius 2 is 2.00 bits per heavy atom. The van der Waals surface area contributed by atoms with Crippen molar-refractivity contribution in [3.8, 4) is 0 Å². The second kappa shape index (κ2) is 7.70. The van der Waals surface area contributed by atoms with Gasteiger partial charge in [-0.25, -0.2) is 0 Å². The number of carboxylic acid groups (broad SMARTS) is 1. The molecular formula is C11H19N3O5. The first-order chi connectivity index (χ1) is 9.00. The summed E-state index contributed by atoms with van der Waals surface area (Å²) in [7, 11) is 0. The topological polar surface area (TPSA) is 108 Å². The van der Waals surface area contributed by atoms with Crippen LogP contribution >= 0.6 is 0 Å². The van der Waals surface area contributed by atoms with E-state index in [1.54, 1.807) is 4.90 Å². The maximum Gasteiger partial charge on any atom is 0.323 e. The zero-order valence-corrected chi connectivity index (χ0v) is 10.8. The molecule has 0 radical (unpaired) electrons. The Hall–Kier alpha value is -1.67. The largest absolute Gasteiger partial charge is 0.480 e. The highest BCUT2D eigenvalue weighted by Gasteiger charge is 2.30. The Balaban J connectivity index is 2.29. The molecule has 1 heterocycles. The first-order valence-electron chi connectivity index (χ1n) is 6.06. The molecule has 1 atom stereocenters. The normalized spacial score (nSPS) is 19.7. The number of aliphatic carboxylic acids is 1. The molecule has 1 fully saturated rings. The fourth-order valence-electron chi connectivity index (χ4n) is 1.74. The molecule has 0 bridgehead atoms. The monoisotopic (exact) mass is 273 g/mol. The lowest BCUT2D eigenvalue weighted by molar-refractivity contribution is -0.150. The highest BCUT2D eigenvalue weighted by Crippen LogP contribution is 2.06. The van der Waals surface area contributed by atoms with E-state index in [9.17, 15) is 14.4 Å². The quantitative estimate of drug-likeness (QED) is 0.484. The van der Waals surface area contributed by atoms with Crippen molar-refractivity contribution >= 4 is 17.8 Å². The third-order valence-electron chi connectivity index (χ3n) is 2.69. The van der Waals surface area contributed by atoms with Crippen LogP contribution in [0.4, 0.5) is 0 Å². The number of morpholine rings is 1. The zero-order chi connectivity index (χ0) is 14.3. The summed E-state index contributed by atoms with van der Waals surface area (Å²) in [6.07, 6.45) is 0. The maximum absolute atomic E-state index is 11.6. The van der Waals surface area contributed by atoms with Crippen LogP contribution in [0.15, 0.2) is 0 Å². The fourth-order valence-corrected chi connectivity index (χ4v) is 1.74. The number of carboxylic acids is 1. The van der Waals surface area contributed by atoms with Gasteiger partial charge in [-0.15, -0.1) is 0 Å². The van der Waals surface area contributed by atoms with Crippen molar-refractivity contribution in [1.29, 1.82) is 0 Å². The lowest BCUT2D eigenvalue weighted by Gasteiger charge is -2.32. The predicted octanol–water partition coefficient (Wildman–Crippen LogP) is -1.98. The van der Waals surface area contributed by atoms with Gasteiger partial charge in [0.25, 0.3) is 0 Å². The molecule has 8 nitrogen and oxygen atoms in total. The van der Waals surface area contributed by atoms with Gasteiger partial charge < -0.3 is 20.5 Å². The molecule has 1 saturated heterocycles. The van der Waals surface area contributed by atoms with Crippen LogP contribution < -0.4 is 10.6 Å². The highest BCUT2D eigenvalue weighted by molar-refractivity contribution is 5.80. The number of amides is 2. The van der Waals surface area contributed by atoms with Crippen molar-refractivity contribution < 1.29 is 24.2 Å². The first kappa shape index (κ1) is 15.4. The van der Waals surface area contributed by atoms with E-state index in [1.807, 2.05) is 0 Å². The predicted molar refractivity (Wildman–Crippen MR) is 65.5 cm³/mol. The molecule has 1 aliphatic rings. The van der Waals surface area contributed by atoms with Crippen LogP contribution in [-0.2, 0) is 19.1 Å². The van der Waals surface area contributed by atoms with E-state index >= 15 is 0 Å². The van der Waals surface area contributed by atoms with Crippen LogP contribution in [0.1, 0.15) is 6.92 Å². The molecule has 1 aliphatic heterocycles. The molecule has 19 heavy (non-hydrogen) atoms. The van der Waals surface area contributed by atoms with Gasteiger partial charge in [-0.05, 0) is 0 Å². The van der Waals surface area contributed by atoms with Gasteiger partial charge in [-0.2, -0.15) is 0 Å². The number of nitrogens with zero attached hydrogens (tertiary/aromatic N) is 1. The number of hydrogen-bond acceptors (Lipinski definition) is 5. The number of rotatable bonds is 6. The van der Waals surface area contributed by atoms with Gasteiger partial charge in [0.1, 0.15) is 6.04 Å². The number of carbonyl (C=O) groups is 3. The van der Waals surface area contributed by atoms with Gasteiger partial charge >= 0.3 is 5.97 Å². The smallest absolute Gasteiger partial charge is 0.323 e. The van der Waals surface area contributed by atoms with Gasteiger partial charge in [0, 0.05) is 26.6 Å². The number of ether oxygens (including phenoxy) is 1. The summed E-state index contributed by atoms with van der Waals surface area (Å²) in [5, 5.41) is 14.2. The molecule has 3 N–H and O–H groups in total. The molecule has 8 heteroatoms. The van der Waals surface area contributed by atoms with E-state index in [4.69, 9.17) is 9.84 Å². The second-order valence-corrected chi connectivity index (χ2v) is 4.23.